The van der Waals surface area contributed by atoms with Crippen LogP contribution in [0.25, 0.3) is 10.9 Å². The number of fused-ring (bicyclic) bond motifs is 1. The lowest BCUT2D eigenvalue weighted by molar-refractivity contribution is -0.113. The van der Waals surface area contributed by atoms with E-state index in [9.17, 15) is 9.59 Å². The predicted octanol–water partition coefficient (Wildman–Crippen LogP) is 3.13. The Kier molecular flexibility index (Phi) is 4.59. The van der Waals surface area contributed by atoms with Gasteiger partial charge in [0.15, 0.2) is 0 Å². The van der Waals surface area contributed by atoms with Crippen LogP contribution in [0, 0.1) is 0 Å². The summed E-state index contributed by atoms with van der Waals surface area (Å²) in [6.45, 7) is 0. The fourth-order valence-corrected chi connectivity index (χ4v) is 3.52. The third-order valence-electron chi connectivity index (χ3n) is 3.11. The van der Waals surface area contributed by atoms with E-state index in [2.05, 4.69) is 10.3 Å². The molecule has 0 aliphatic heterocycles. The fraction of sp³-hybridized carbons (Fsp3) is 0.0625. The largest absolute Gasteiger partial charge is 0.366 e. The SMILES string of the molecule is NC(=O)c1ccsc1NC(=O)CSc1ccc2ccccc2n1. The van der Waals surface area contributed by atoms with Crippen molar-refractivity contribution >= 4 is 50.8 Å². The number of carbonyl (C=O) groups excluding carboxylic acids is 2. The van der Waals surface area contributed by atoms with E-state index in [1.54, 1.807) is 11.4 Å². The molecule has 2 heterocycles. The number of anilines is 1. The maximum atomic E-state index is 12.0. The van der Waals surface area contributed by atoms with Gasteiger partial charge in [0.25, 0.3) is 5.91 Å². The number of benzene rings is 1. The quantitative estimate of drug-likeness (QED) is 0.697. The van der Waals surface area contributed by atoms with Gasteiger partial charge in [-0.1, -0.05) is 36.0 Å². The standard InChI is InChI=1S/C16H13N3O2S2/c17-15(21)11-7-8-22-16(11)19-13(20)9-23-14-6-5-10-3-1-2-4-12(10)18-14/h1-8H,9H2,(H2,17,21)(H,19,20). The molecule has 116 valence electrons. The van der Waals surface area contributed by atoms with Crippen LogP contribution in [0.1, 0.15) is 10.4 Å². The molecule has 3 aromatic rings. The van der Waals surface area contributed by atoms with Crippen molar-refractivity contribution in [1.82, 2.24) is 4.98 Å². The monoisotopic (exact) mass is 343 g/mol. The third kappa shape index (κ3) is 3.69. The summed E-state index contributed by atoms with van der Waals surface area (Å²) in [5.74, 6) is -0.540. The molecule has 1 aromatic carbocycles. The number of hydrogen-bond acceptors (Lipinski definition) is 5. The van der Waals surface area contributed by atoms with Gasteiger partial charge in [0, 0.05) is 5.39 Å². The van der Waals surface area contributed by atoms with Crippen molar-refractivity contribution in [2.45, 2.75) is 5.03 Å². The Hall–Kier alpha value is -2.38. The Balaban J connectivity index is 1.63. The number of nitrogens with two attached hydrogens (primary N) is 1. The smallest absolute Gasteiger partial charge is 0.251 e. The molecule has 0 spiro atoms. The molecule has 0 aliphatic rings. The molecule has 3 N–H and O–H groups in total. The number of pyridine rings is 1. The maximum absolute atomic E-state index is 12.0. The molecule has 0 fully saturated rings. The predicted molar refractivity (Wildman–Crippen MR) is 93.9 cm³/mol. The van der Waals surface area contributed by atoms with Gasteiger partial charge in [-0.05, 0) is 23.6 Å². The summed E-state index contributed by atoms with van der Waals surface area (Å²) in [7, 11) is 0. The molecule has 0 saturated heterocycles. The minimum Gasteiger partial charge on any atom is -0.366 e. The summed E-state index contributed by atoms with van der Waals surface area (Å²) >= 11 is 2.62. The molecule has 7 heteroatoms. The van der Waals surface area contributed by atoms with Gasteiger partial charge in [-0.2, -0.15) is 0 Å². The summed E-state index contributed by atoms with van der Waals surface area (Å²) in [6.07, 6.45) is 0. The van der Waals surface area contributed by atoms with Crippen LogP contribution in [0.4, 0.5) is 5.00 Å². The van der Waals surface area contributed by atoms with Crippen LogP contribution in [0.5, 0.6) is 0 Å². The van der Waals surface area contributed by atoms with E-state index in [4.69, 9.17) is 5.73 Å². The number of rotatable bonds is 5. The van der Waals surface area contributed by atoms with Crippen LogP contribution in [0.2, 0.25) is 0 Å². The summed E-state index contributed by atoms with van der Waals surface area (Å²) < 4.78 is 0. The van der Waals surface area contributed by atoms with Crippen molar-refractivity contribution in [1.29, 1.82) is 0 Å². The summed E-state index contributed by atoms with van der Waals surface area (Å²) in [5, 5.41) is 6.75. The molecule has 0 atom stereocenters. The van der Waals surface area contributed by atoms with Crippen molar-refractivity contribution < 1.29 is 9.59 Å². The summed E-state index contributed by atoms with van der Waals surface area (Å²) in [4.78, 5) is 27.7. The van der Waals surface area contributed by atoms with Crippen LogP contribution in [0.3, 0.4) is 0 Å². The van der Waals surface area contributed by atoms with Crippen molar-refractivity contribution in [2.75, 3.05) is 11.1 Å². The van der Waals surface area contributed by atoms with Gasteiger partial charge in [0.1, 0.15) is 5.00 Å². The minimum atomic E-state index is -0.551. The van der Waals surface area contributed by atoms with Gasteiger partial charge in [0.2, 0.25) is 5.91 Å². The second-order valence-electron chi connectivity index (χ2n) is 4.71. The number of thiophene rings is 1. The molecular formula is C16H13N3O2S2. The molecule has 0 unspecified atom stereocenters. The van der Waals surface area contributed by atoms with E-state index in [0.29, 0.717) is 10.6 Å². The minimum absolute atomic E-state index is 0.199. The van der Waals surface area contributed by atoms with E-state index in [0.717, 1.165) is 15.9 Å². The molecule has 0 bridgehead atoms. The second kappa shape index (κ2) is 6.80. The van der Waals surface area contributed by atoms with Gasteiger partial charge < -0.3 is 11.1 Å². The highest BCUT2D eigenvalue weighted by Gasteiger charge is 2.12. The van der Waals surface area contributed by atoms with Crippen LogP contribution >= 0.6 is 23.1 Å². The molecule has 2 amide bonds. The van der Waals surface area contributed by atoms with Crippen molar-refractivity contribution in [3.05, 3.63) is 53.4 Å². The first kappa shape index (κ1) is 15.5. The first-order valence-corrected chi connectivity index (χ1v) is 8.66. The van der Waals surface area contributed by atoms with Crippen molar-refractivity contribution in [3.8, 4) is 0 Å². The van der Waals surface area contributed by atoms with Crippen molar-refractivity contribution in [2.24, 2.45) is 5.73 Å². The Labute approximate surface area is 140 Å². The maximum Gasteiger partial charge on any atom is 0.251 e. The van der Waals surface area contributed by atoms with Gasteiger partial charge in [-0.3, -0.25) is 9.59 Å². The summed E-state index contributed by atoms with van der Waals surface area (Å²) in [6, 6.07) is 13.3. The Morgan fingerprint density at radius 3 is 2.83 bits per heavy atom. The molecule has 5 nitrogen and oxygen atoms in total. The highest BCUT2D eigenvalue weighted by atomic mass is 32.2. The van der Waals surface area contributed by atoms with E-state index in [1.807, 2.05) is 36.4 Å². The molecule has 0 radical (unpaired) electrons. The lowest BCUT2D eigenvalue weighted by atomic mass is 10.2. The Bertz CT molecular complexity index is 876. The van der Waals surface area contributed by atoms with Crippen molar-refractivity contribution in [3.63, 3.8) is 0 Å². The number of amides is 2. The topological polar surface area (TPSA) is 85.1 Å². The number of nitrogens with one attached hydrogen (secondary N) is 1. The van der Waals surface area contributed by atoms with Crippen LogP contribution in [-0.4, -0.2) is 22.6 Å². The number of nitrogens with zero attached hydrogens (tertiary/aromatic N) is 1. The van der Waals surface area contributed by atoms with Gasteiger partial charge in [0.05, 0.1) is 21.9 Å². The second-order valence-corrected chi connectivity index (χ2v) is 6.62. The van der Waals surface area contributed by atoms with E-state index < -0.39 is 5.91 Å². The number of para-hydroxylation sites is 1. The lowest BCUT2D eigenvalue weighted by Gasteiger charge is -2.05. The highest BCUT2D eigenvalue weighted by molar-refractivity contribution is 7.99. The fourth-order valence-electron chi connectivity index (χ4n) is 2.03. The molecule has 3 rings (SSSR count). The normalized spacial score (nSPS) is 10.6. The molecular weight excluding hydrogens is 330 g/mol. The van der Waals surface area contributed by atoms with Crippen LogP contribution in [0.15, 0.2) is 52.9 Å². The zero-order valence-corrected chi connectivity index (χ0v) is 13.6. The van der Waals surface area contributed by atoms with Gasteiger partial charge >= 0.3 is 0 Å². The third-order valence-corrected chi connectivity index (χ3v) is 4.87. The average molecular weight is 343 g/mol. The number of thioether (sulfide) groups is 1. The summed E-state index contributed by atoms with van der Waals surface area (Å²) in [5.41, 5.74) is 6.48. The Morgan fingerprint density at radius 2 is 2.00 bits per heavy atom. The van der Waals surface area contributed by atoms with Crippen LogP contribution < -0.4 is 11.1 Å². The van der Waals surface area contributed by atoms with E-state index in [1.165, 1.54) is 23.1 Å². The van der Waals surface area contributed by atoms with Crippen LogP contribution in [-0.2, 0) is 4.79 Å². The van der Waals surface area contributed by atoms with Gasteiger partial charge in [-0.25, -0.2) is 4.98 Å². The highest BCUT2D eigenvalue weighted by Crippen LogP contribution is 2.24. The number of hydrogen-bond donors (Lipinski definition) is 2. The number of primary amides is 1. The first-order valence-electron chi connectivity index (χ1n) is 6.79. The zero-order valence-electron chi connectivity index (χ0n) is 12.0. The van der Waals surface area contributed by atoms with E-state index in [-0.39, 0.29) is 11.7 Å². The number of aromatic nitrogens is 1. The number of carbonyl (C=O) groups is 2. The lowest BCUT2D eigenvalue weighted by Crippen LogP contribution is -2.17. The average Bonchev–Trinajstić information content (AvgIpc) is 3.01. The molecule has 23 heavy (non-hydrogen) atoms. The first-order chi connectivity index (χ1) is 11.1. The Morgan fingerprint density at radius 1 is 1.17 bits per heavy atom. The van der Waals surface area contributed by atoms with E-state index >= 15 is 0 Å². The molecule has 0 saturated carbocycles. The van der Waals surface area contributed by atoms with Gasteiger partial charge in [-0.15, -0.1) is 11.3 Å². The molecule has 0 aliphatic carbocycles. The molecule has 2 aromatic heterocycles. The zero-order chi connectivity index (χ0) is 16.2.